The second-order valence-corrected chi connectivity index (χ2v) is 4.04. The van der Waals surface area contributed by atoms with E-state index in [1.165, 1.54) is 0 Å². The summed E-state index contributed by atoms with van der Waals surface area (Å²) in [5.74, 6) is 0.0862. The summed E-state index contributed by atoms with van der Waals surface area (Å²) in [5, 5.41) is 5.57. The zero-order chi connectivity index (χ0) is 10.7. The van der Waals surface area contributed by atoms with E-state index in [1.807, 2.05) is 20.8 Å². The summed E-state index contributed by atoms with van der Waals surface area (Å²) in [6.45, 7) is 5.83. The van der Waals surface area contributed by atoms with Crippen LogP contribution in [-0.4, -0.2) is 23.9 Å². The van der Waals surface area contributed by atoms with Gasteiger partial charge >= 0.3 is 0 Å². The Kier molecular flexibility index (Phi) is 3.49. The van der Waals surface area contributed by atoms with E-state index in [-0.39, 0.29) is 29.8 Å². The summed E-state index contributed by atoms with van der Waals surface area (Å²) in [5.41, 5.74) is 0. The third-order valence-electron chi connectivity index (χ3n) is 2.69. The Morgan fingerprint density at radius 3 is 2.64 bits per heavy atom. The van der Waals surface area contributed by atoms with Gasteiger partial charge in [-0.1, -0.05) is 20.3 Å². The van der Waals surface area contributed by atoms with Crippen LogP contribution in [0.4, 0.5) is 0 Å². The largest absolute Gasteiger partial charge is 0.351 e. The first kappa shape index (κ1) is 11.0. The predicted molar refractivity (Wildman–Crippen MR) is 53.6 cm³/mol. The summed E-state index contributed by atoms with van der Waals surface area (Å²) in [7, 11) is 0. The van der Waals surface area contributed by atoms with Gasteiger partial charge in [0, 0.05) is 12.5 Å². The molecule has 0 aromatic heterocycles. The average Bonchev–Trinajstić information content (AvgIpc) is 2.23. The molecule has 0 saturated carbocycles. The van der Waals surface area contributed by atoms with Crippen LogP contribution in [0.5, 0.6) is 0 Å². The van der Waals surface area contributed by atoms with E-state index in [0.29, 0.717) is 6.42 Å². The number of hydrogen-bond donors (Lipinski definition) is 2. The van der Waals surface area contributed by atoms with Crippen LogP contribution in [0, 0.1) is 5.92 Å². The Balaban J connectivity index is 2.73. The fourth-order valence-corrected chi connectivity index (χ4v) is 1.60. The van der Waals surface area contributed by atoms with Gasteiger partial charge in [-0.2, -0.15) is 0 Å². The molecule has 80 valence electrons. The van der Waals surface area contributed by atoms with E-state index < -0.39 is 0 Å². The van der Waals surface area contributed by atoms with Crippen LogP contribution in [-0.2, 0) is 9.59 Å². The van der Waals surface area contributed by atoms with Crippen molar-refractivity contribution in [1.29, 1.82) is 0 Å². The SMILES string of the molecule is CCC(C)C1NC(=O)CC(C)NC1=O. The van der Waals surface area contributed by atoms with Gasteiger partial charge in [-0.25, -0.2) is 0 Å². The molecule has 0 aliphatic carbocycles. The molecule has 14 heavy (non-hydrogen) atoms. The molecule has 0 aromatic carbocycles. The third kappa shape index (κ3) is 2.47. The second-order valence-electron chi connectivity index (χ2n) is 4.04. The first-order valence-electron chi connectivity index (χ1n) is 5.14. The normalized spacial score (nSPS) is 30.2. The van der Waals surface area contributed by atoms with Crippen molar-refractivity contribution >= 4 is 11.8 Å². The molecule has 4 heteroatoms. The molecule has 0 aromatic rings. The third-order valence-corrected chi connectivity index (χ3v) is 2.69. The number of carbonyl (C=O) groups is 2. The number of hydrogen-bond acceptors (Lipinski definition) is 2. The van der Waals surface area contributed by atoms with Gasteiger partial charge in [-0.3, -0.25) is 9.59 Å². The Hall–Kier alpha value is -1.06. The highest BCUT2D eigenvalue weighted by Gasteiger charge is 2.30. The van der Waals surface area contributed by atoms with Gasteiger partial charge in [0.2, 0.25) is 11.8 Å². The first-order chi connectivity index (χ1) is 6.54. The summed E-state index contributed by atoms with van der Waals surface area (Å²) < 4.78 is 0. The van der Waals surface area contributed by atoms with Crippen molar-refractivity contribution in [1.82, 2.24) is 10.6 Å². The molecule has 1 aliphatic rings. The molecule has 4 nitrogen and oxygen atoms in total. The average molecular weight is 198 g/mol. The van der Waals surface area contributed by atoms with Gasteiger partial charge in [0.15, 0.2) is 0 Å². The van der Waals surface area contributed by atoms with Crippen LogP contribution in [0.3, 0.4) is 0 Å². The highest BCUT2D eigenvalue weighted by atomic mass is 16.2. The van der Waals surface area contributed by atoms with E-state index in [0.717, 1.165) is 6.42 Å². The minimum atomic E-state index is -0.363. The summed E-state index contributed by atoms with van der Waals surface area (Å²) in [6.07, 6.45) is 1.26. The number of amides is 2. The molecule has 1 fully saturated rings. The summed E-state index contributed by atoms with van der Waals surface area (Å²) >= 11 is 0. The Morgan fingerprint density at radius 1 is 1.43 bits per heavy atom. The molecule has 1 heterocycles. The van der Waals surface area contributed by atoms with Gasteiger partial charge in [-0.05, 0) is 12.8 Å². The Bertz CT molecular complexity index is 240. The van der Waals surface area contributed by atoms with Crippen molar-refractivity contribution in [3.63, 3.8) is 0 Å². The smallest absolute Gasteiger partial charge is 0.243 e. The molecular weight excluding hydrogens is 180 g/mol. The maximum Gasteiger partial charge on any atom is 0.243 e. The fraction of sp³-hybridized carbons (Fsp3) is 0.800. The molecule has 0 spiro atoms. The van der Waals surface area contributed by atoms with Gasteiger partial charge < -0.3 is 10.6 Å². The van der Waals surface area contributed by atoms with E-state index in [1.54, 1.807) is 0 Å². The molecular formula is C10H18N2O2. The van der Waals surface area contributed by atoms with Crippen LogP contribution in [0.2, 0.25) is 0 Å². The lowest BCUT2D eigenvalue weighted by atomic mass is 9.98. The zero-order valence-electron chi connectivity index (χ0n) is 8.96. The maximum absolute atomic E-state index is 11.6. The molecule has 2 amide bonds. The number of rotatable bonds is 2. The summed E-state index contributed by atoms with van der Waals surface area (Å²) in [4.78, 5) is 23.0. The van der Waals surface area contributed by atoms with E-state index in [9.17, 15) is 9.59 Å². The lowest BCUT2D eigenvalue weighted by Gasteiger charge is -2.20. The highest BCUT2D eigenvalue weighted by molar-refractivity contribution is 5.90. The lowest BCUT2D eigenvalue weighted by molar-refractivity contribution is -0.127. The van der Waals surface area contributed by atoms with Gasteiger partial charge in [0.25, 0.3) is 0 Å². The zero-order valence-corrected chi connectivity index (χ0v) is 8.96. The molecule has 0 bridgehead atoms. The summed E-state index contributed by atoms with van der Waals surface area (Å²) in [6, 6.07) is -0.422. The number of nitrogens with one attached hydrogen (secondary N) is 2. The standard InChI is InChI=1S/C10H18N2O2/c1-4-6(2)9-10(14)11-7(3)5-8(13)12-9/h6-7,9H,4-5H2,1-3H3,(H,11,14)(H,12,13). The first-order valence-corrected chi connectivity index (χ1v) is 5.14. The van der Waals surface area contributed by atoms with Gasteiger partial charge in [0.1, 0.15) is 6.04 Å². The van der Waals surface area contributed by atoms with E-state index in [2.05, 4.69) is 10.6 Å². The number of carbonyl (C=O) groups excluding carboxylic acids is 2. The van der Waals surface area contributed by atoms with Crippen LogP contribution in [0.25, 0.3) is 0 Å². The molecule has 3 atom stereocenters. The second kappa shape index (κ2) is 4.44. The maximum atomic E-state index is 11.6. The van der Waals surface area contributed by atoms with Crippen molar-refractivity contribution in [2.75, 3.05) is 0 Å². The van der Waals surface area contributed by atoms with Crippen molar-refractivity contribution in [2.24, 2.45) is 5.92 Å². The minimum absolute atomic E-state index is 0.0406. The van der Waals surface area contributed by atoms with Crippen LogP contribution in [0.1, 0.15) is 33.6 Å². The fourth-order valence-electron chi connectivity index (χ4n) is 1.60. The van der Waals surface area contributed by atoms with Crippen molar-refractivity contribution < 1.29 is 9.59 Å². The monoisotopic (exact) mass is 198 g/mol. The van der Waals surface area contributed by atoms with E-state index >= 15 is 0 Å². The highest BCUT2D eigenvalue weighted by Crippen LogP contribution is 2.11. The van der Waals surface area contributed by atoms with Crippen molar-refractivity contribution in [2.45, 2.75) is 45.7 Å². The lowest BCUT2D eigenvalue weighted by Crippen LogP contribution is -2.47. The molecule has 1 rings (SSSR count). The van der Waals surface area contributed by atoms with Crippen LogP contribution in [0.15, 0.2) is 0 Å². The van der Waals surface area contributed by atoms with E-state index in [4.69, 9.17) is 0 Å². The minimum Gasteiger partial charge on any atom is -0.351 e. The molecule has 0 radical (unpaired) electrons. The van der Waals surface area contributed by atoms with Gasteiger partial charge in [0.05, 0.1) is 0 Å². The predicted octanol–water partition coefficient (Wildman–Crippen LogP) is 0.426. The molecule has 3 unspecified atom stereocenters. The quantitative estimate of drug-likeness (QED) is 0.676. The topological polar surface area (TPSA) is 58.2 Å². The van der Waals surface area contributed by atoms with Crippen LogP contribution < -0.4 is 10.6 Å². The van der Waals surface area contributed by atoms with Crippen molar-refractivity contribution in [3.8, 4) is 0 Å². The Morgan fingerprint density at radius 2 is 2.07 bits per heavy atom. The van der Waals surface area contributed by atoms with Crippen LogP contribution >= 0.6 is 0 Å². The van der Waals surface area contributed by atoms with Gasteiger partial charge in [-0.15, -0.1) is 0 Å². The Labute approximate surface area is 84.4 Å². The molecule has 1 saturated heterocycles. The molecule has 1 aliphatic heterocycles. The van der Waals surface area contributed by atoms with Crippen molar-refractivity contribution in [3.05, 3.63) is 0 Å². The molecule has 2 N–H and O–H groups in total.